The van der Waals surface area contributed by atoms with E-state index in [1.807, 2.05) is 0 Å². The van der Waals surface area contributed by atoms with Crippen molar-refractivity contribution in [3.63, 3.8) is 0 Å². The maximum Gasteiger partial charge on any atom is 0.0535 e. The van der Waals surface area contributed by atoms with Crippen LogP contribution in [0.1, 0.15) is 0 Å². The number of hydrogen-bond acceptors (Lipinski definition) is 0. The Morgan fingerprint density at radius 2 is 1.29 bits per heavy atom. The van der Waals surface area contributed by atoms with Crippen LogP contribution >= 0.6 is 0 Å². The van der Waals surface area contributed by atoms with E-state index in [-0.39, 0.29) is 0 Å². The average Bonchev–Trinajstić information content (AvgIpc) is 2.73. The van der Waals surface area contributed by atoms with Crippen LogP contribution in [0.4, 0.5) is 0 Å². The summed E-state index contributed by atoms with van der Waals surface area (Å²) in [5, 5.41) is 5.19. The summed E-state index contributed by atoms with van der Waals surface area (Å²) in [5.74, 6) is 0. The van der Waals surface area contributed by atoms with Gasteiger partial charge in [-0.05, 0) is 16.8 Å². The van der Waals surface area contributed by atoms with Crippen molar-refractivity contribution >= 4 is 27.1 Å². The van der Waals surface area contributed by atoms with Crippen LogP contribution in [-0.4, -0.2) is 4.40 Å². The van der Waals surface area contributed by atoms with Gasteiger partial charge < -0.3 is 4.40 Å². The largest absolute Gasteiger partial charge is 0.322 e. The molecule has 0 spiro atoms. The second-order valence-electron chi connectivity index (χ2n) is 4.41. The summed E-state index contributed by atoms with van der Waals surface area (Å²) in [4.78, 5) is 0. The fourth-order valence-corrected chi connectivity index (χ4v) is 2.52. The van der Waals surface area contributed by atoms with Gasteiger partial charge in [-0.2, -0.15) is 0 Å². The van der Waals surface area contributed by atoms with Gasteiger partial charge in [0, 0.05) is 23.2 Å². The van der Waals surface area contributed by atoms with Crippen molar-refractivity contribution in [1.82, 2.24) is 4.40 Å². The molecule has 0 aliphatic heterocycles. The number of benzene rings is 2. The van der Waals surface area contributed by atoms with Gasteiger partial charge >= 0.3 is 0 Å². The summed E-state index contributed by atoms with van der Waals surface area (Å²) in [6.45, 7) is 0. The minimum Gasteiger partial charge on any atom is -0.322 e. The molecule has 0 aliphatic rings. The first kappa shape index (κ1) is 8.82. The van der Waals surface area contributed by atoms with E-state index in [0.29, 0.717) is 0 Å². The zero-order chi connectivity index (χ0) is 11.2. The highest BCUT2D eigenvalue weighted by molar-refractivity contribution is 6.01. The molecule has 2 aromatic heterocycles. The quantitative estimate of drug-likeness (QED) is 0.415. The van der Waals surface area contributed by atoms with Crippen molar-refractivity contribution in [2.24, 2.45) is 0 Å². The summed E-state index contributed by atoms with van der Waals surface area (Å²) in [6, 6.07) is 19.3. The highest BCUT2D eigenvalue weighted by atomic mass is 14.9. The Hall–Kier alpha value is -2.28. The molecule has 2 aromatic carbocycles. The van der Waals surface area contributed by atoms with Crippen LogP contribution < -0.4 is 0 Å². The van der Waals surface area contributed by atoms with Crippen molar-refractivity contribution < 1.29 is 0 Å². The molecule has 0 N–H and O–H groups in total. The van der Waals surface area contributed by atoms with Crippen molar-refractivity contribution in [3.05, 3.63) is 67.0 Å². The fraction of sp³-hybridized carbons (Fsp3) is 0. The molecule has 0 aliphatic carbocycles. The van der Waals surface area contributed by atoms with E-state index in [0.717, 1.165) is 0 Å². The number of hydrogen-bond donors (Lipinski definition) is 0. The molecule has 1 nitrogen and oxygen atoms in total. The minimum absolute atomic E-state index is 1.28. The van der Waals surface area contributed by atoms with E-state index in [1.54, 1.807) is 0 Å². The number of rotatable bonds is 0. The molecule has 1 heteroatoms. The fourth-order valence-electron chi connectivity index (χ4n) is 2.52. The van der Waals surface area contributed by atoms with Gasteiger partial charge in [0.2, 0.25) is 0 Å². The molecule has 0 saturated carbocycles. The molecule has 2 heterocycles. The van der Waals surface area contributed by atoms with Crippen LogP contribution in [0.5, 0.6) is 0 Å². The molecule has 4 aromatic rings. The molecular weight excluding hydrogens is 206 g/mol. The number of nitrogens with zero attached hydrogens (tertiary/aromatic N) is 1. The van der Waals surface area contributed by atoms with Gasteiger partial charge in [0.15, 0.2) is 0 Å². The van der Waals surface area contributed by atoms with Crippen LogP contribution in [0, 0.1) is 0 Å². The molecule has 0 unspecified atom stereocenters. The van der Waals surface area contributed by atoms with Crippen LogP contribution in [0.2, 0.25) is 0 Å². The first-order valence-corrected chi connectivity index (χ1v) is 5.80. The van der Waals surface area contributed by atoms with E-state index in [2.05, 4.69) is 71.4 Å². The molecule has 0 bridgehead atoms. The number of aromatic nitrogens is 1. The van der Waals surface area contributed by atoms with Gasteiger partial charge in [0.05, 0.1) is 5.52 Å². The van der Waals surface area contributed by atoms with Crippen LogP contribution in [0.15, 0.2) is 67.0 Å². The Kier molecular flexibility index (Phi) is 1.61. The third kappa shape index (κ3) is 1.19. The summed E-state index contributed by atoms with van der Waals surface area (Å²) in [5.41, 5.74) is 1.28. The molecule has 0 amide bonds. The van der Waals surface area contributed by atoms with E-state index >= 15 is 0 Å². The second-order valence-corrected chi connectivity index (χ2v) is 4.41. The summed E-state index contributed by atoms with van der Waals surface area (Å²) >= 11 is 0. The second kappa shape index (κ2) is 3.11. The zero-order valence-corrected chi connectivity index (χ0v) is 9.30. The average molecular weight is 217 g/mol. The van der Waals surface area contributed by atoms with Crippen molar-refractivity contribution in [1.29, 1.82) is 0 Å². The van der Waals surface area contributed by atoms with Crippen molar-refractivity contribution in [3.8, 4) is 0 Å². The first-order valence-electron chi connectivity index (χ1n) is 5.80. The molecule has 4 rings (SSSR count). The molecule has 0 atom stereocenters. The smallest absolute Gasteiger partial charge is 0.0535 e. The van der Waals surface area contributed by atoms with Gasteiger partial charge in [-0.25, -0.2) is 0 Å². The Labute approximate surface area is 98.9 Å². The lowest BCUT2D eigenvalue weighted by molar-refractivity contribution is 1.23. The molecule has 0 fully saturated rings. The van der Waals surface area contributed by atoms with Crippen molar-refractivity contribution in [2.45, 2.75) is 0 Å². The van der Waals surface area contributed by atoms with Crippen LogP contribution in [0.3, 0.4) is 0 Å². The van der Waals surface area contributed by atoms with Crippen LogP contribution in [-0.2, 0) is 0 Å². The summed E-state index contributed by atoms with van der Waals surface area (Å²) in [6.07, 6.45) is 4.39. The van der Waals surface area contributed by atoms with Gasteiger partial charge in [0.25, 0.3) is 0 Å². The molecule has 80 valence electrons. The third-order valence-corrected chi connectivity index (χ3v) is 3.36. The standard InChI is InChI=1S/C16H11N/c1-2-6-13-10-17-11-14-7-3-4-8-15(14)16(17)9-12(13)5-1/h1-11H. The summed E-state index contributed by atoms with van der Waals surface area (Å²) in [7, 11) is 0. The van der Waals surface area contributed by atoms with Crippen LogP contribution in [0.25, 0.3) is 27.1 Å². The maximum atomic E-state index is 2.26. The topological polar surface area (TPSA) is 4.41 Å². The Balaban J connectivity index is 2.28. The number of fused-ring (bicyclic) bond motifs is 4. The van der Waals surface area contributed by atoms with E-state index < -0.39 is 0 Å². The maximum absolute atomic E-state index is 2.26. The lowest BCUT2D eigenvalue weighted by Crippen LogP contribution is -1.81. The third-order valence-electron chi connectivity index (χ3n) is 3.36. The lowest BCUT2D eigenvalue weighted by Gasteiger charge is -2.00. The van der Waals surface area contributed by atoms with Gasteiger partial charge in [-0.3, -0.25) is 0 Å². The van der Waals surface area contributed by atoms with Gasteiger partial charge in [-0.1, -0.05) is 48.5 Å². The Bertz CT molecular complexity index is 834. The predicted octanol–water partition coefficient (Wildman–Crippen LogP) is 4.25. The molecule has 0 saturated heterocycles. The van der Waals surface area contributed by atoms with Gasteiger partial charge in [-0.15, -0.1) is 0 Å². The molecule has 17 heavy (non-hydrogen) atoms. The van der Waals surface area contributed by atoms with E-state index in [4.69, 9.17) is 0 Å². The monoisotopic (exact) mass is 217 g/mol. The Morgan fingerprint density at radius 3 is 2.18 bits per heavy atom. The minimum atomic E-state index is 1.28. The molecular formula is C16H11N. The van der Waals surface area contributed by atoms with Crippen molar-refractivity contribution in [2.75, 3.05) is 0 Å². The Morgan fingerprint density at radius 1 is 0.647 bits per heavy atom. The van der Waals surface area contributed by atoms with Gasteiger partial charge in [0.1, 0.15) is 0 Å². The first-order chi connectivity index (χ1) is 8.42. The highest BCUT2D eigenvalue weighted by Crippen LogP contribution is 2.25. The molecule has 0 radical (unpaired) electrons. The predicted molar refractivity (Wildman–Crippen MR) is 72.4 cm³/mol. The lowest BCUT2D eigenvalue weighted by atomic mass is 10.1. The normalized spacial score (nSPS) is 11.5. The highest BCUT2D eigenvalue weighted by Gasteiger charge is 2.03. The SMILES string of the molecule is c1ccc2cn3cc4ccccc4c3cc2c1. The zero-order valence-electron chi connectivity index (χ0n) is 9.30. The summed E-state index contributed by atoms with van der Waals surface area (Å²) < 4.78 is 2.22. The van der Waals surface area contributed by atoms with E-state index in [9.17, 15) is 0 Å². The number of pyridine rings is 1. The van der Waals surface area contributed by atoms with E-state index in [1.165, 1.54) is 27.1 Å².